The highest BCUT2D eigenvalue weighted by Gasteiger charge is 2.25. The summed E-state index contributed by atoms with van der Waals surface area (Å²) < 4.78 is 39.6. The number of piperidine rings is 1. The van der Waals surface area contributed by atoms with E-state index in [2.05, 4.69) is 15.0 Å². The summed E-state index contributed by atoms with van der Waals surface area (Å²) in [5.74, 6) is -0.830. The van der Waals surface area contributed by atoms with Crippen molar-refractivity contribution in [2.45, 2.75) is 23.9 Å². The predicted octanol–water partition coefficient (Wildman–Crippen LogP) is 0.251. The van der Waals surface area contributed by atoms with Crippen molar-refractivity contribution in [3.05, 3.63) is 24.1 Å². The van der Waals surface area contributed by atoms with E-state index in [4.69, 9.17) is 0 Å². The summed E-state index contributed by atoms with van der Waals surface area (Å²) in [5, 5.41) is 2.55. The monoisotopic (exact) mass is 259 g/mol. The molecule has 1 atom stereocenters. The number of aromatic nitrogens is 1. The number of nitrogens with zero attached hydrogens (tertiary/aromatic N) is 1. The van der Waals surface area contributed by atoms with Gasteiger partial charge < -0.3 is 5.32 Å². The average Bonchev–Trinajstić information content (AvgIpc) is 2.30. The lowest BCUT2D eigenvalue weighted by molar-refractivity contribution is 0.426. The quantitative estimate of drug-likeness (QED) is 0.816. The van der Waals surface area contributed by atoms with E-state index >= 15 is 0 Å². The van der Waals surface area contributed by atoms with Crippen LogP contribution in [0.1, 0.15) is 12.8 Å². The molecule has 2 rings (SSSR count). The Balaban J connectivity index is 2.16. The van der Waals surface area contributed by atoms with Crippen LogP contribution < -0.4 is 10.0 Å². The molecular formula is C10H14FN3O2S. The molecule has 0 radical (unpaired) electrons. The van der Waals surface area contributed by atoms with Gasteiger partial charge in [0, 0.05) is 18.8 Å². The van der Waals surface area contributed by atoms with Gasteiger partial charge in [-0.3, -0.25) is 0 Å². The molecule has 1 aliphatic heterocycles. The number of rotatable bonds is 3. The van der Waals surface area contributed by atoms with Gasteiger partial charge in [-0.1, -0.05) is 0 Å². The molecule has 0 spiro atoms. The van der Waals surface area contributed by atoms with Crippen LogP contribution in [0.3, 0.4) is 0 Å². The first-order valence-corrected chi connectivity index (χ1v) is 6.91. The second-order valence-corrected chi connectivity index (χ2v) is 5.58. The van der Waals surface area contributed by atoms with Crippen molar-refractivity contribution in [3.8, 4) is 0 Å². The molecule has 17 heavy (non-hydrogen) atoms. The van der Waals surface area contributed by atoms with E-state index in [9.17, 15) is 12.8 Å². The van der Waals surface area contributed by atoms with Crippen molar-refractivity contribution in [1.29, 1.82) is 0 Å². The maximum absolute atomic E-state index is 13.3. The van der Waals surface area contributed by atoms with E-state index in [0.717, 1.165) is 25.5 Å². The number of halogens is 1. The number of hydrogen-bond donors (Lipinski definition) is 2. The standard InChI is InChI=1S/C10H14FN3O2S/c11-9-4-2-6-13-10(9)17(15,16)14-8-3-1-5-12-7-8/h2,4,6,8,12,14H,1,3,5,7H2. The zero-order valence-corrected chi connectivity index (χ0v) is 10.0. The number of sulfonamides is 1. The Labute approximate surface area is 99.5 Å². The second-order valence-electron chi connectivity index (χ2n) is 3.95. The molecular weight excluding hydrogens is 245 g/mol. The van der Waals surface area contributed by atoms with Crippen molar-refractivity contribution in [2.75, 3.05) is 13.1 Å². The molecule has 1 aromatic heterocycles. The molecule has 5 nitrogen and oxygen atoms in total. The van der Waals surface area contributed by atoms with Gasteiger partial charge in [-0.05, 0) is 31.5 Å². The van der Waals surface area contributed by atoms with Gasteiger partial charge >= 0.3 is 0 Å². The minimum Gasteiger partial charge on any atom is -0.315 e. The molecule has 94 valence electrons. The van der Waals surface area contributed by atoms with Gasteiger partial charge in [-0.2, -0.15) is 0 Å². The third-order valence-corrected chi connectivity index (χ3v) is 4.05. The molecule has 0 aliphatic carbocycles. The zero-order valence-electron chi connectivity index (χ0n) is 9.19. The van der Waals surface area contributed by atoms with E-state index in [1.54, 1.807) is 0 Å². The van der Waals surface area contributed by atoms with Crippen LogP contribution in [0, 0.1) is 5.82 Å². The Morgan fingerprint density at radius 2 is 2.35 bits per heavy atom. The van der Waals surface area contributed by atoms with E-state index in [1.807, 2.05) is 0 Å². The number of hydrogen-bond acceptors (Lipinski definition) is 4. The molecule has 1 saturated heterocycles. The molecule has 1 unspecified atom stereocenters. The first-order valence-electron chi connectivity index (χ1n) is 5.43. The highest BCUT2D eigenvalue weighted by molar-refractivity contribution is 7.89. The molecule has 2 heterocycles. The number of pyridine rings is 1. The van der Waals surface area contributed by atoms with Crippen molar-refractivity contribution in [2.24, 2.45) is 0 Å². The van der Waals surface area contributed by atoms with Crippen LogP contribution in [0.5, 0.6) is 0 Å². The molecule has 0 bridgehead atoms. The minimum atomic E-state index is -3.87. The van der Waals surface area contributed by atoms with Crippen LogP contribution in [0.25, 0.3) is 0 Å². The Morgan fingerprint density at radius 1 is 1.53 bits per heavy atom. The maximum Gasteiger partial charge on any atom is 0.261 e. The third-order valence-electron chi connectivity index (χ3n) is 2.60. The second kappa shape index (κ2) is 5.07. The summed E-state index contributed by atoms with van der Waals surface area (Å²) in [6.45, 7) is 1.45. The highest BCUT2D eigenvalue weighted by Crippen LogP contribution is 2.12. The Hall–Kier alpha value is -1.05. The fraction of sp³-hybridized carbons (Fsp3) is 0.500. The van der Waals surface area contributed by atoms with Crippen molar-refractivity contribution < 1.29 is 12.8 Å². The fourth-order valence-electron chi connectivity index (χ4n) is 1.80. The van der Waals surface area contributed by atoms with Gasteiger partial charge in [-0.25, -0.2) is 22.5 Å². The Kier molecular flexibility index (Phi) is 3.70. The fourth-order valence-corrected chi connectivity index (χ4v) is 3.07. The van der Waals surface area contributed by atoms with Crippen molar-refractivity contribution in [1.82, 2.24) is 15.0 Å². The summed E-state index contributed by atoms with van der Waals surface area (Å²) in [5.41, 5.74) is 0. The summed E-state index contributed by atoms with van der Waals surface area (Å²) in [7, 11) is -3.87. The topological polar surface area (TPSA) is 71.1 Å². The van der Waals surface area contributed by atoms with Crippen LogP contribution in [0.15, 0.2) is 23.4 Å². The molecule has 0 amide bonds. The average molecular weight is 259 g/mol. The van der Waals surface area contributed by atoms with Gasteiger partial charge in [0.1, 0.15) is 0 Å². The van der Waals surface area contributed by atoms with Gasteiger partial charge in [0.2, 0.25) is 5.03 Å². The summed E-state index contributed by atoms with van der Waals surface area (Å²) in [6, 6.07) is 2.24. The lowest BCUT2D eigenvalue weighted by atomic mass is 10.1. The zero-order chi connectivity index (χ0) is 12.3. The maximum atomic E-state index is 13.3. The lowest BCUT2D eigenvalue weighted by Gasteiger charge is -2.23. The molecule has 1 aliphatic rings. The molecule has 1 aromatic rings. The summed E-state index contributed by atoms with van der Waals surface area (Å²) in [6.07, 6.45) is 2.91. The largest absolute Gasteiger partial charge is 0.315 e. The van der Waals surface area contributed by atoms with E-state index in [0.29, 0.717) is 6.54 Å². The van der Waals surface area contributed by atoms with Gasteiger partial charge in [0.15, 0.2) is 5.82 Å². The van der Waals surface area contributed by atoms with Crippen LogP contribution in [-0.2, 0) is 10.0 Å². The van der Waals surface area contributed by atoms with Crippen LogP contribution >= 0.6 is 0 Å². The van der Waals surface area contributed by atoms with Gasteiger partial charge in [0.05, 0.1) is 0 Å². The molecule has 1 fully saturated rings. The van der Waals surface area contributed by atoms with Gasteiger partial charge in [-0.15, -0.1) is 0 Å². The summed E-state index contributed by atoms with van der Waals surface area (Å²) >= 11 is 0. The molecule has 2 N–H and O–H groups in total. The smallest absolute Gasteiger partial charge is 0.261 e. The van der Waals surface area contributed by atoms with Crippen molar-refractivity contribution >= 4 is 10.0 Å². The van der Waals surface area contributed by atoms with E-state index in [-0.39, 0.29) is 6.04 Å². The molecule has 7 heteroatoms. The minimum absolute atomic E-state index is 0.199. The predicted molar refractivity (Wildman–Crippen MR) is 60.4 cm³/mol. The summed E-state index contributed by atoms with van der Waals surface area (Å²) in [4.78, 5) is 3.57. The van der Waals surface area contributed by atoms with Crippen LogP contribution in [0.4, 0.5) is 4.39 Å². The van der Waals surface area contributed by atoms with Crippen LogP contribution in [-0.4, -0.2) is 32.5 Å². The van der Waals surface area contributed by atoms with Gasteiger partial charge in [0.25, 0.3) is 10.0 Å². The molecule has 0 aromatic carbocycles. The first kappa shape index (κ1) is 12.4. The van der Waals surface area contributed by atoms with Crippen LogP contribution in [0.2, 0.25) is 0 Å². The Bertz CT molecular complexity index is 486. The molecule has 0 saturated carbocycles. The van der Waals surface area contributed by atoms with E-state index in [1.165, 1.54) is 12.3 Å². The van der Waals surface area contributed by atoms with Crippen molar-refractivity contribution in [3.63, 3.8) is 0 Å². The highest BCUT2D eigenvalue weighted by atomic mass is 32.2. The lowest BCUT2D eigenvalue weighted by Crippen LogP contribution is -2.45. The number of nitrogens with one attached hydrogen (secondary N) is 2. The van der Waals surface area contributed by atoms with E-state index < -0.39 is 20.9 Å². The third kappa shape index (κ3) is 2.99. The first-order chi connectivity index (χ1) is 8.09. The SMILES string of the molecule is O=S(=O)(NC1CCCNC1)c1ncccc1F. The Morgan fingerprint density at radius 3 is 3.00 bits per heavy atom. The normalized spacial score (nSPS) is 21.4.